The first kappa shape index (κ1) is 18.2. The maximum atomic E-state index is 12.7. The van der Waals surface area contributed by atoms with Gasteiger partial charge in [0.15, 0.2) is 0 Å². The van der Waals surface area contributed by atoms with Crippen LogP contribution in [0.2, 0.25) is 0 Å². The molecule has 5 nitrogen and oxygen atoms in total. The fourth-order valence-electron chi connectivity index (χ4n) is 3.30. The Morgan fingerprint density at radius 3 is 2.81 bits per heavy atom. The van der Waals surface area contributed by atoms with Gasteiger partial charge in [-0.3, -0.25) is 9.78 Å². The van der Waals surface area contributed by atoms with Gasteiger partial charge in [-0.15, -0.1) is 0 Å². The molecule has 0 spiro atoms. The van der Waals surface area contributed by atoms with Crippen molar-refractivity contribution in [1.29, 1.82) is 0 Å². The molecule has 0 atom stereocenters. The molecule has 1 aromatic heterocycles. The van der Waals surface area contributed by atoms with Gasteiger partial charge in [-0.05, 0) is 42.9 Å². The minimum absolute atomic E-state index is 0.0813. The normalized spacial score (nSPS) is 14.9. The number of likely N-dealkylation sites (tertiary alicyclic amines) is 1. The Morgan fingerprint density at radius 2 is 2.04 bits per heavy atom. The summed E-state index contributed by atoms with van der Waals surface area (Å²) in [7, 11) is 1.69. The number of anilines is 1. The fourth-order valence-corrected chi connectivity index (χ4v) is 3.30. The van der Waals surface area contributed by atoms with E-state index in [9.17, 15) is 4.79 Å². The minimum atomic E-state index is 0.0813. The van der Waals surface area contributed by atoms with Crippen molar-refractivity contribution in [3.8, 4) is 5.75 Å². The Bertz CT molecular complexity index is 740. The van der Waals surface area contributed by atoms with Crippen LogP contribution >= 0.6 is 0 Å². The summed E-state index contributed by atoms with van der Waals surface area (Å²) in [6.07, 6.45) is 6.42. The van der Waals surface area contributed by atoms with E-state index in [1.165, 1.54) is 0 Å². The highest BCUT2D eigenvalue weighted by atomic mass is 16.5. The van der Waals surface area contributed by atoms with Crippen LogP contribution in [0.15, 0.2) is 42.7 Å². The molecule has 0 saturated carbocycles. The van der Waals surface area contributed by atoms with Gasteiger partial charge < -0.3 is 15.0 Å². The lowest BCUT2D eigenvalue weighted by Crippen LogP contribution is -2.37. The smallest absolute Gasteiger partial charge is 0.255 e. The van der Waals surface area contributed by atoms with Gasteiger partial charge in [0.2, 0.25) is 0 Å². The second-order valence-corrected chi connectivity index (χ2v) is 6.93. The average molecular weight is 353 g/mol. The molecule has 0 aliphatic carbocycles. The van der Waals surface area contributed by atoms with Crippen LogP contribution in [0.5, 0.6) is 5.75 Å². The molecule has 0 bridgehead atoms. The molecular weight excluding hydrogens is 326 g/mol. The molecule has 2 heterocycles. The number of methoxy groups -OCH3 is 1. The van der Waals surface area contributed by atoms with Gasteiger partial charge >= 0.3 is 0 Å². The molecule has 3 rings (SSSR count). The zero-order chi connectivity index (χ0) is 18.4. The van der Waals surface area contributed by atoms with Gasteiger partial charge in [0.25, 0.3) is 5.91 Å². The van der Waals surface area contributed by atoms with E-state index in [1.807, 2.05) is 29.2 Å². The Morgan fingerprint density at radius 1 is 1.27 bits per heavy atom. The second-order valence-electron chi connectivity index (χ2n) is 6.93. The number of nitrogens with zero attached hydrogens (tertiary/aromatic N) is 2. The Balaban J connectivity index is 1.58. The number of piperidine rings is 1. The number of aromatic nitrogens is 1. The Labute approximate surface area is 155 Å². The number of amides is 1. The zero-order valence-corrected chi connectivity index (χ0v) is 15.6. The minimum Gasteiger partial charge on any atom is -0.496 e. The number of carbonyl (C=O) groups excluding carboxylic acids is 1. The van der Waals surface area contributed by atoms with Crippen molar-refractivity contribution in [3.05, 3.63) is 53.9 Å². The monoisotopic (exact) mass is 353 g/mol. The lowest BCUT2D eigenvalue weighted by atomic mass is 9.99. The highest BCUT2D eigenvalue weighted by Gasteiger charge is 2.21. The number of hydrogen-bond acceptors (Lipinski definition) is 4. The number of hydrogen-bond donors (Lipinski definition) is 1. The van der Waals surface area contributed by atoms with E-state index in [2.05, 4.69) is 23.3 Å². The van der Waals surface area contributed by atoms with Crippen molar-refractivity contribution in [1.82, 2.24) is 9.88 Å². The first-order valence-electron chi connectivity index (χ1n) is 9.27. The van der Waals surface area contributed by atoms with Crippen molar-refractivity contribution in [2.75, 3.05) is 32.1 Å². The van der Waals surface area contributed by atoms with E-state index >= 15 is 0 Å². The molecular formula is C21H27N3O2. The highest BCUT2D eigenvalue weighted by Crippen LogP contribution is 2.20. The first-order valence-corrected chi connectivity index (χ1v) is 9.27. The van der Waals surface area contributed by atoms with Crippen LogP contribution < -0.4 is 10.1 Å². The highest BCUT2D eigenvalue weighted by molar-refractivity contribution is 5.94. The van der Waals surface area contributed by atoms with Crippen molar-refractivity contribution in [3.63, 3.8) is 0 Å². The maximum Gasteiger partial charge on any atom is 0.255 e. The van der Waals surface area contributed by atoms with Gasteiger partial charge in [0.05, 0.1) is 18.4 Å². The van der Waals surface area contributed by atoms with Gasteiger partial charge in [0.1, 0.15) is 5.75 Å². The molecule has 1 aliphatic rings. The van der Waals surface area contributed by atoms with Crippen LogP contribution in [0.4, 0.5) is 5.69 Å². The number of benzene rings is 1. The largest absolute Gasteiger partial charge is 0.496 e. The number of carbonyl (C=O) groups is 1. The SMILES string of the molecule is COc1ccccc1CCNc1cncc(C(=O)N2CCC(C)CC2)c1. The third-order valence-electron chi connectivity index (χ3n) is 4.97. The van der Waals surface area contributed by atoms with Crippen molar-refractivity contribution in [2.24, 2.45) is 5.92 Å². The number of ether oxygens (including phenoxy) is 1. The molecule has 0 radical (unpaired) electrons. The lowest BCUT2D eigenvalue weighted by molar-refractivity contribution is 0.0697. The summed E-state index contributed by atoms with van der Waals surface area (Å²) in [6, 6.07) is 9.91. The van der Waals surface area contributed by atoms with Crippen LogP contribution in [0, 0.1) is 5.92 Å². The van der Waals surface area contributed by atoms with E-state index in [-0.39, 0.29) is 5.91 Å². The molecule has 1 amide bonds. The third-order valence-corrected chi connectivity index (χ3v) is 4.97. The second kappa shape index (κ2) is 8.70. The molecule has 0 unspecified atom stereocenters. The summed E-state index contributed by atoms with van der Waals surface area (Å²) in [4.78, 5) is 18.9. The van der Waals surface area contributed by atoms with Gasteiger partial charge in [-0.2, -0.15) is 0 Å². The lowest BCUT2D eigenvalue weighted by Gasteiger charge is -2.30. The van der Waals surface area contributed by atoms with Crippen molar-refractivity contribution < 1.29 is 9.53 Å². The molecule has 1 N–H and O–H groups in total. The number of pyridine rings is 1. The molecule has 1 saturated heterocycles. The summed E-state index contributed by atoms with van der Waals surface area (Å²) < 4.78 is 5.38. The first-order chi connectivity index (χ1) is 12.7. The van der Waals surface area contributed by atoms with Crippen LogP contribution in [-0.4, -0.2) is 42.5 Å². The molecule has 138 valence electrons. The molecule has 1 aliphatic heterocycles. The fraction of sp³-hybridized carbons (Fsp3) is 0.429. The molecule has 2 aromatic rings. The molecule has 5 heteroatoms. The predicted molar refractivity (Wildman–Crippen MR) is 104 cm³/mol. The predicted octanol–water partition coefficient (Wildman–Crippen LogP) is 3.62. The number of rotatable bonds is 6. The standard InChI is InChI=1S/C21H27N3O2/c1-16-8-11-24(12-9-16)21(25)18-13-19(15-22-14-18)23-10-7-17-5-3-4-6-20(17)26-2/h3-6,13-16,23H,7-12H2,1-2H3. The van der Waals surface area contributed by atoms with Crippen molar-refractivity contribution in [2.45, 2.75) is 26.2 Å². The van der Waals surface area contributed by atoms with Gasteiger partial charge in [-0.1, -0.05) is 25.1 Å². The average Bonchev–Trinajstić information content (AvgIpc) is 2.68. The summed E-state index contributed by atoms with van der Waals surface area (Å²) in [5.41, 5.74) is 2.68. The Kier molecular flexibility index (Phi) is 6.10. The van der Waals surface area contributed by atoms with Crippen LogP contribution in [0.3, 0.4) is 0 Å². The third kappa shape index (κ3) is 4.54. The zero-order valence-electron chi connectivity index (χ0n) is 15.6. The van der Waals surface area contributed by atoms with E-state index in [0.29, 0.717) is 11.5 Å². The topological polar surface area (TPSA) is 54.5 Å². The summed E-state index contributed by atoms with van der Waals surface area (Å²) in [5.74, 6) is 1.69. The van der Waals surface area contributed by atoms with E-state index in [1.54, 1.807) is 19.5 Å². The van der Waals surface area contributed by atoms with Gasteiger partial charge in [-0.25, -0.2) is 0 Å². The summed E-state index contributed by atoms with van der Waals surface area (Å²) in [6.45, 7) is 4.67. The van der Waals surface area contributed by atoms with E-state index in [0.717, 1.165) is 55.9 Å². The molecule has 26 heavy (non-hydrogen) atoms. The quantitative estimate of drug-likeness (QED) is 0.862. The number of para-hydroxylation sites is 1. The maximum absolute atomic E-state index is 12.7. The van der Waals surface area contributed by atoms with Crippen LogP contribution in [0.1, 0.15) is 35.7 Å². The van der Waals surface area contributed by atoms with E-state index in [4.69, 9.17) is 4.74 Å². The number of nitrogens with one attached hydrogen (secondary N) is 1. The van der Waals surface area contributed by atoms with Crippen molar-refractivity contribution >= 4 is 11.6 Å². The van der Waals surface area contributed by atoms with Gasteiger partial charge in [0, 0.05) is 32.0 Å². The Hall–Kier alpha value is -2.56. The molecule has 1 aromatic carbocycles. The van der Waals surface area contributed by atoms with E-state index < -0.39 is 0 Å². The molecule has 1 fully saturated rings. The van der Waals surface area contributed by atoms with Crippen LogP contribution in [0.25, 0.3) is 0 Å². The van der Waals surface area contributed by atoms with Crippen LogP contribution in [-0.2, 0) is 6.42 Å². The summed E-state index contributed by atoms with van der Waals surface area (Å²) >= 11 is 0. The summed E-state index contributed by atoms with van der Waals surface area (Å²) in [5, 5.41) is 3.36.